The topological polar surface area (TPSA) is 75.5 Å². The summed E-state index contributed by atoms with van der Waals surface area (Å²) in [5.74, 6) is 1.80. The van der Waals surface area contributed by atoms with Crippen molar-refractivity contribution in [2.45, 2.75) is 13.8 Å². The summed E-state index contributed by atoms with van der Waals surface area (Å²) >= 11 is 0. The number of phenols is 1. The predicted molar refractivity (Wildman–Crippen MR) is 152 cm³/mol. The SMILES string of the molecule is CN=C(Nc1ccc(C(=NC)Nc2ccc(N3CCN(C)CC3)cc2C)cc1C)c1ccc(O)cc1. The van der Waals surface area contributed by atoms with E-state index in [1.807, 2.05) is 25.2 Å². The molecule has 1 saturated heterocycles. The van der Waals surface area contributed by atoms with Gasteiger partial charge in [0.1, 0.15) is 17.4 Å². The van der Waals surface area contributed by atoms with Crippen molar-refractivity contribution in [3.05, 3.63) is 82.9 Å². The number of phenolic OH excluding ortho intramolecular Hbond substituents is 1. The lowest BCUT2D eigenvalue weighted by Crippen LogP contribution is -2.44. The lowest BCUT2D eigenvalue weighted by Gasteiger charge is -2.34. The van der Waals surface area contributed by atoms with Gasteiger partial charge in [0.05, 0.1) is 0 Å². The summed E-state index contributed by atoms with van der Waals surface area (Å²) in [5.41, 5.74) is 7.50. The Morgan fingerprint density at radius 3 is 1.81 bits per heavy atom. The molecule has 0 amide bonds. The normalized spacial score (nSPS) is 15.2. The van der Waals surface area contributed by atoms with Crippen molar-refractivity contribution < 1.29 is 5.11 Å². The van der Waals surface area contributed by atoms with Crippen LogP contribution in [0.2, 0.25) is 0 Å². The minimum absolute atomic E-state index is 0.234. The first kappa shape index (κ1) is 25.3. The van der Waals surface area contributed by atoms with Crippen molar-refractivity contribution in [1.82, 2.24) is 4.90 Å². The number of aromatic hydroxyl groups is 1. The van der Waals surface area contributed by atoms with Crippen molar-refractivity contribution in [1.29, 1.82) is 0 Å². The Morgan fingerprint density at radius 1 is 0.722 bits per heavy atom. The number of hydrogen-bond acceptors (Lipinski definition) is 5. The van der Waals surface area contributed by atoms with Crippen molar-refractivity contribution in [2.75, 3.05) is 62.9 Å². The molecule has 0 spiro atoms. The van der Waals surface area contributed by atoms with Gasteiger partial charge in [-0.3, -0.25) is 9.98 Å². The molecule has 0 unspecified atom stereocenters. The molecule has 1 heterocycles. The van der Waals surface area contributed by atoms with Gasteiger partial charge in [-0.15, -0.1) is 0 Å². The number of anilines is 3. The maximum Gasteiger partial charge on any atom is 0.132 e. The van der Waals surface area contributed by atoms with Crippen molar-refractivity contribution in [2.24, 2.45) is 9.98 Å². The Kier molecular flexibility index (Phi) is 7.90. The Hall–Kier alpha value is -3.84. The number of likely N-dealkylation sites (N-methyl/N-ethyl adjacent to an activating group) is 1. The van der Waals surface area contributed by atoms with Crippen LogP contribution in [0.5, 0.6) is 5.75 Å². The molecule has 0 aliphatic carbocycles. The first-order chi connectivity index (χ1) is 17.4. The number of rotatable bonds is 5. The lowest BCUT2D eigenvalue weighted by molar-refractivity contribution is 0.313. The van der Waals surface area contributed by atoms with Crippen LogP contribution < -0.4 is 15.5 Å². The molecular weight excluding hydrogens is 448 g/mol. The third-order valence-electron chi connectivity index (χ3n) is 6.67. The molecule has 7 heteroatoms. The first-order valence-electron chi connectivity index (χ1n) is 12.3. The number of amidine groups is 2. The molecule has 0 saturated carbocycles. The maximum atomic E-state index is 9.57. The van der Waals surface area contributed by atoms with E-state index in [2.05, 4.69) is 81.6 Å². The van der Waals surface area contributed by atoms with Crippen LogP contribution in [-0.4, -0.2) is 69.0 Å². The molecule has 7 nitrogen and oxygen atoms in total. The molecule has 188 valence electrons. The van der Waals surface area contributed by atoms with E-state index in [1.165, 1.54) is 11.3 Å². The second kappa shape index (κ2) is 11.3. The summed E-state index contributed by atoms with van der Waals surface area (Å²) in [5, 5.41) is 16.5. The minimum atomic E-state index is 0.234. The van der Waals surface area contributed by atoms with Crippen molar-refractivity contribution in [3.8, 4) is 5.75 Å². The van der Waals surface area contributed by atoms with Crippen LogP contribution in [0, 0.1) is 13.8 Å². The van der Waals surface area contributed by atoms with Crippen LogP contribution in [0.4, 0.5) is 17.1 Å². The van der Waals surface area contributed by atoms with Gasteiger partial charge in [-0.05, 0) is 92.7 Å². The molecule has 1 aliphatic heterocycles. The Labute approximate surface area is 214 Å². The van der Waals surface area contributed by atoms with Gasteiger partial charge >= 0.3 is 0 Å². The average molecular weight is 485 g/mol. The van der Waals surface area contributed by atoms with Crippen LogP contribution >= 0.6 is 0 Å². The molecule has 3 aromatic carbocycles. The fourth-order valence-corrected chi connectivity index (χ4v) is 4.39. The quantitative estimate of drug-likeness (QED) is 0.360. The van der Waals surface area contributed by atoms with Crippen LogP contribution in [0.1, 0.15) is 22.3 Å². The van der Waals surface area contributed by atoms with Crippen LogP contribution in [0.3, 0.4) is 0 Å². The number of hydrogen-bond donors (Lipinski definition) is 3. The van der Waals surface area contributed by atoms with Gasteiger partial charge in [0.15, 0.2) is 0 Å². The highest BCUT2D eigenvalue weighted by Gasteiger charge is 2.16. The van der Waals surface area contributed by atoms with Crippen molar-refractivity contribution in [3.63, 3.8) is 0 Å². The highest BCUT2D eigenvalue weighted by molar-refractivity contribution is 6.10. The van der Waals surface area contributed by atoms with Crippen LogP contribution in [-0.2, 0) is 0 Å². The number of nitrogens with one attached hydrogen (secondary N) is 2. The second-order valence-electron chi connectivity index (χ2n) is 9.26. The number of piperazine rings is 1. The standard InChI is InChI=1S/C29H36N6O/c1-20-18-23(8-12-26(20)32-28(30-3)22-6-10-25(36)11-7-22)29(31-4)33-27-13-9-24(19-21(27)2)35-16-14-34(5)15-17-35/h6-13,18-19,36H,14-17H2,1-5H3,(H,30,32)(H,31,33). The zero-order valence-electron chi connectivity index (χ0n) is 21.8. The van der Waals surface area contributed by atoms with E-state index in [4.69, 9.17) is 0 Å². The molecule has 0 aromatic heterocycles. The van der Waals surface area contributed by atoms with E-state index in [9.17, 15) is 5.11 Å². The summed E-state index contributed by atoms with van der Waals surface area (Å²) < 4.78 is 0. The number of nitrogens with zero attached hydrogens (tertiary/aromatic N) is 4. The molecule has 3 aromatic rings. The summed E-state index contributed by atoms with van der Waals surface area (Å²) in [6.45, 7) is 8.51. The van der Waals surface area contributed by atoms with Gasteiger partial charge < -0.3 is 25.5 Å². The van der Waals surface area contributed by atoms with Gasteiger partial charge in [0.2, 0.25) is 0 Å². The zero-order valence-corrected chi connectivity index (χ0v) is 21.8. The molecule has 1 fully saturated rings. The summed E-state index contributed by atoms with van der Waals surface area (Å²) in [7, 11) is 5.74. The minimum Gasteiger partial charge on any atom is -0.508 e. The number of aryl methyl sites for hydroxylation is 2. The highest BCUT2D eigenvalue weighted by atomic mass is 16.3. The van der Waals surface area contributed by atoms with Gasteiger partial charge in [-0.2, -0.15) is 0 Å². The maximum absolute atomic E-state index is 9.57. The molecule has 1 aliphatic rings. The molecular formula is C29H36N6O. The van der Waals surface area contributed by atoms with Crippen LogP contribution in [0.25, 0.3) is 0 Å². The molecule has 0 radical (unpaired) electrons. The Morgan fingerprint density at radius 2 is 1.25 bits per heavy atom. The van der Waals surface area contributed by atoms with E-state index in [0.29, 0.717) is 0 Å². The second-order valence-corrected chi connectivity index (χ2v) is 9.26. The predicted octanol–water partition coefficient (Wildman–Crippen LogP) is 4.74. The Bertz CT molecular complexity index is 1260. The number of aliphatic imine (C=N–C) groups is 2. The van der Waals surface area contributed by atoms with Crippen LogP contribution in [0.15, 0.2) is 70.6 Å². The van der Waals surface area contributed by atoms with Gasteiger partial charge in [0, 0.05) is 68.5 Å². The largest absolute Gasteiger partial charge is 0.508 e. The zero-order chi connectivity index (χ0) is 25.7. The highest BCUT2D eigenvalue weighted by Crippen LogP contribution is 2.25. The summed E-state index contributed by atoms with van der Waals surface area (Å²) in [4.78, 5) is 13.8. The first-order valence-corrected chi connectivity index (χ1v) is 12.3. The third-order valence-corrected chi connectivity index (χ3v) is 6.67. The molecule has 3 N–H and O–H groups in total. The smallest absolute Gasteiger partial charge is 0.132 e. The van der Waals surface area contributed by atoms with E-state index in [1.54, 1.807) is 19.2 Å². The van der Waals surface area contributed by atoms with E-state index < -0.39 is 0 Å². The third kappa shape index (κ3) is 5.86. The molecule has 0 atom stereocenters. The molecule has 36 heavy (non-hydrogen) atoms. The van der Waals surface area contributed by atoms with E-state index in [-0.39, 0.29) is 5.75 Å². The van der Waals surface area contributed by atoms with E-state index >= 15 is 0 Å². The fourth-order valence-electron chi connectivity index (χ4n) is 4.39. The monoisotopic (exact) mass is 484 g/mol. The average Bonchev–Trinajstić information content (AvgIpc) is 2.88. The molecule has 0 bridgehead atoms. The van der Waals surface area contributed by atoms with Gasteiger partial charge in [-0.1, -0.05) is 0 Å². The van der Waals surface area contributed by atoms with Gasteiger partial charge in [0.25, 0.3) is 0 Å². The fraction of sp³-hybridized carbons (Fsp3) is 0.310. The van der Waals surface area contributed by atoms with E-state index in [0.717, 1.165) is 65.9 Å². The van der Waals surface area contributed by atoms with Crippen molar-refractivity contribution >= 4 is 28.7 Å². The summed E-state index contributed by atoms with van der Waals surface area (Å²) in [6, 6.07) is 19.8. The lowest BCUT2D eigenvalue weighted by atomic mass is 10.1. The summed E-state index contributed by atoms with van der Waals surface area (Å²) in [6.07, 6.45) is 0. The van der Waals surface area contributed by atoms with Gasteiger partial charge in [-0.25, -0.2) is 0 Å². The molecule has 4 rings (SSSR count). The Balaban J connectivity index is 1.48. The number of benzene rings is 3.